The number of nitrogens with zero attached hydrogens (tertiary/aromatic N) is 4. The van der Waals surface area contributed by atoms with Crippen LogP contribution in [0.1, 0.15) is 33.6 Å². The van der Waals surface area contributed by atoms with Crippen LogP contribution in [-0.4, -0.2) is 47.7 Å². The molecular formula is C33H31N5O3S. The molecule has 1 aliphatic rings. The van der Waals surface area contributed by atoms with E-state index in [1.54, 1.807) is 4.90 Å². The van der Waals surface area contributed by atoms with E-state index < -0.39 is 5.97 Å². The van der Waals surface area contributed by atoms with Gasteiger partial charge in [-0.1, -0.05) is 53.8 Å². The monoisotopic (exact) mass is 577 g/mol. The molecule has 1 aliphatic heterocycles. The molecule has 9 heteroatoms. The predicted molar refractivity (Wildman–Crippen MR) is 169 cm³/mol. The average Bonchev–Trinajstić information content (AvgIpc) is 3.41. The molecule has 3 aromatic carbocycles. The van der Waals surface area contributed by atoms with Gasteiger partial charge >= 0.3 is 12.0 Å². The smallest absolute Gasteiger partial charge is 0.354 e. The molecule has 0 unspecified atom stereocenters. The molecule has 0 radical (unpaired) electrons. The first-order valence-corrected chi connectivity index (χ1v) is 14.7. The van der Waals surface area contributed by atoms with Gasteiger partial charge in [0.1, 0.15) is 0 Å². The number of urea groups is 1. The SMILES string of the molecule is CN(C)c1ccc(CCc2ccc(-c3ccc4c(c3)N(C(=O)Nc3nc5ccccc5s3)CCC4)nc2C(=O)O)cc1. The van der Waals surface area contributed by atoms with E-state index in [9.17, 15) is 14.7 Å². The minimum Gasteiger partial charge on any atom is -0.477 e. The Morgan fingerprint density at radius 2 is 1.79 bits per heavy atom. The summed E-state index contributed by atoms with van der Waals surface area (Å²) in [5.41, 5.74) is 7.06. The summed E-state index contributed by atoms with van der Waals surface area (Å²) in [4.78, 5) is 38.5. The Morgan fingerprint density at radius 1 is 0.976 bits per heavy atom. The third kappa shape index (κ3) is 5.69. The number of carbonyl (C=O) groups is 2. The molecule has 0 bridgehead atoms. The van der Waals surface area contributed by atoms with Gasteiger partial charge in [0.2, 0.25) is 0 Å². The Bertz CT molecular complexity index is 1750. The largest absolute Gasteiger partial charge is 0.477 e. The molecule has 0 atom stereocenters. The van der Waals surface area contributed by atoms with Crippen molar-refractivity contribution >= 4 is 50.1 Å². The summed E-state index contributed by atoms with van der Waals surface area (Å²) in [6.07, 6.45) is 3.00. The van der Waals surface area contributed by atoms with Crippen LogP contribution >= 0.6 is 11.3 Å². The number of anilines is 3. The Kier molecular flexibility index (Phi) is 7.58. The Balaban J connectivity index is 1.23. The molecule has 3 heterocycles. The summed E-state index contributed by atoms with van der Waals surface area (Å²) in [5.74, 6) is -1.05. The number of aryl methyl sites for hydroxylation is 3. The van der Waals surface area contributed by atoms with E-state index in [0.717, 1.165) is 51.1 Å². The zero-order valence-corrected chi connectivity index (χ0v) is 24.3. The topological polar surface area (TPSA) is 98.7 Å². The van der Waals surface area contributed by atoms with E-state index in [4.69, 9.17) is 0 Å². The van der Waals surface area contributed by atoms with Crippen molar-refractivity contribution in [3.05, 3.63) is 101 Å². The summed E-state index contributed by atoms with van der Waals surface area (Å²) < 4.78 is 1.01. The van der Waals surface area contributed by atoms with Gasteiger partial charge in [-0.05, 0) is 78.8 Å². The minimum atomic E-state index is -1.05. The van der Waals surface area contributed by atoms with Crippen LogP contribution in [0.15, 0.2) is 78.9 Å². The number of fused-ring (bicyclic) bond motifs is 2. The summed E-state index contributed by atoms with van der Waals surface area (Å²) in [5, 5.41) is 13.5. The quantitative estimate of drug-likeness (QED) is 0.219. The van der Waals surface area contributed by atoms with Crippen molar-refractivity contribution in [2.75, 3.05) is 35.8 Å². The third-order valence-electron chi connectivity index (χ3n) is 7.57. The highest BCUT2D eigenvalue weighted by atomic mass is 32.1. The molecule has 6 rings (SSSR count). The van der Waals surface area contributed by atoms with Gasteiger partial charge in [-0.2, -0.15) is 0 Å². The summed E-state index contributed by atoms with van der Waals surface area (Å²) in [6, 6.07) is 25.5. The van der Waals surface area contributed by atoms with Crippen LogP contribution < -0.4 is 15.1 Å². The van der Waals surface area contributed by atoms with Crippen molar-refractivity contribution in [3.63, 3.8) is 0 Å². The van der Waals surface area contributed by atoms with Gasteiger partial charge in [-0.15, -0.1) is 0 Å². The number of carbonyl (C=O) groups excluding carboxylic acids is 1. The van der Waals surface area contributed by atoms with Gasteiger partial charge in [-0.3, -0.25) is 10.2 Å². The Labute approximate surface area is 248 Å². The van der Waals surface area contributed by atoms with Crippen LogP contribution in [0.5, 0.6) is 0 Å². The highest BCUT2D eigenvalue weighted by molar-refractivity contribution is 7.22. The number of benzene rings is 3. The van der Waals surface area contributed by atoms with E-state index in [1.165, 1.54) is 11.3 Å². The second-order valence-corrected chi connectivity index (χ2v) is 11.6. The molecule has 8 nitrogen and oxygen atoms in total. The number of thiazole rings is 1. The fourth-order valence-corrected chi connectivity index (χ4v) is 6.16. The number of pyridine rings is 1. The number of carboxylic acid groups (broad SMARTS) is 1. The summed E-state index contributed by atoms with van der Waals surface area (Å²) >= 11 is 1.44. The van der Waals surface area contributed by atoms with Gasteiger partial charge in [0.15, 0.2) is 10.8 Å². The number of hydrogen-bond acceptors (Lipinski definition) is 6. The highest BCUT2D eigenvalue weighted by Gasteiger charge is 2.24. The predicted octanol–water partition coefficient (Wildman–Crippen LogP) is 6.89. The van der Waals surface area contributed by atoms with Crippen LogP contribution in [0, 0.1) is 0 Å². The lowest BCUT2D eigenvalue weighted by Gasteiger charge is -2.29. The van der Waals surface area contributed by atoms with E-state index in [0.29, 0.717) is 35.8 Å². The number of aromatic carboxylic acids is 1. The van der Waals surface area contributed by atoms with Crippen molar-refractivity contribution in [1.82, 2.24) is 9.97 Å². The van der Waals surface area contributed by atoms with Gasteiger partial charge < -0.3 is 10.0 Å². The third-order valence-corrected chi connectivity index (χ3v) is 8.52. The number of para-hydroxylation sites is 1. The molecule has 212 valence electrons. The van der Waals surface area contributed by atoms with Gasteiger partial charge in [0, 0.05) is 37.6 Å². The van der Waals surface area contributed by atoms with Crippen molar-refractivity contribution < 1.29 is 14.7 Å². The first kappa shape index (κ1) is 27.4. The van der Waals surface area contributed by atoms with Crippen LogP contribution in [0.25, 0.3) is 21.5 Å². The zero-order valence-electron chi connectivity index (χ0n) is 23.5. The molecule has 2 N–H and O–H groups in total. The highest BCUT2D eigenvalue weighted by Crippen LogP contribution is 2.33. The van der Waals surface area contributed by atoms with E-state index in [-0.39, 0.29) is 11.7 Å². The Hall–Kier alpha value is -4.76. The number of carboxylic acids is 1. The van der Waals surface area contributed by atoms with Crippen LogP contribution in [-0.2, 0) is 19.3 Å². The van der Waals surface area contributed by atoms with Crippen molar-refractivity contribution in [2.45, 2.75) is 25.7 Å². The number of hydrogen-bond donors (Lipinski definition) is 2. The van der Waals surface area contributed by atoms with Crippen LogP contribution in [0.3, 0.4) is 0 Å². The number of amides is 2. The average molecular weight is 578 g/mol. The molecule has 2 amide bonds. The first-order chi connectivity index (χ1) is 20.4. The van der Waals surface area contributed by atoms with Crippen molar-refractivity contribution in [2.24, 2.45) is 0 Å². The molecule has 0 saturated carbocycles. The fraction of sp³-hybridized carbons (Fsp3) is 0.212. The maximum Gasteiger partial charge on any atom is 0.354 e. The van der Waals surface area contributed by atoms with E-state index >= 15 is 0 Å². The lowest BCUT2D eigenvalue weighted by Crippen LogP contribution is -2.38. The van der Waals surface area contributed by atoms with E-state index in [1.807, 2.05) is 73.6 Å². The molecule has 0 spiro atoms. The lowest BCUT2D eigenvalue weighted by atomic mass is 9.97. The second-order valence-electron chi connectivity index (χ2n) is 10.6. The fourth-order valence-electron chi connectivity index (χ4n) is 5.30. The number of aromatic nitrogens is 2. The number of rotatable bonds is 7. The lowest BCUT2D eigenvalue weighted by molar-refractivity contribution is 0.0689. The molecular weight excluding hydrogens is 546 g/mol. The molecule has 0 fully saturated rings. The Morgan fingerprint density at radius 3 is 2.55 bits per heavy atom. The minimum absolute atomic E-state index is 0.0561. The van der Waals surface area contributed by atoms with Crippen molar-refractivity contribution in [3.8, 4) is 11.3 Å². The van der Waals surface area contributed by atoms with Gasteiger partial charge in [-0.25, -0.2) is 19.6 Å². The van der Waals surface area contributed by atoms with Crippen molar-refractivity contribution in [1.29, 1.82) is 0 Å². The molecule has 0 saturated heterocycles. The number of nitrogens with one attached hydrogen (secondary N) is 1. The van der Waals surface area contributed by atoms with Gasteiger partial charge in [0.25, 0.3) is 0 Å². The standard InChI is InChI=1S/C33H31N5O3S/c1-37(2)25-16-10-21(11-17-25)9-12-23-15-18-26(34-30(23)31(39)40)24-14-13-22-6-5-19-38(28(22)20-24)33(41)36-32-35-27-7-3-4-8-29(27)42-32/h3-4,7-8,10-11,13-18,20H,5-6,9,12,19H2,1-2H3,(H,39,40)(H,35,36,41). The van der Waals surface area contributed by atoms with Gasteiger partial charge in [0.05, 0.1) is 15.9 Å². The molecule has 2 aromatic heterocycles. The van der Waals surface area contributed by atoms with Crippen LogP contribution in [0.2, 0.25) is 0 Å². The molecule has 5 aromatic rings. The van der Waals surface area contributed by atoms with E-state index in [2.05, 4.69) is 39.6 Å². The zero-order chi connectivity index (χ0) is 29.2. The van der Waals surface area contributed by atoms with Crippen LogP contribution in [0.4, 0.5) is 21.3 Å². The molecule has 0 aliphatic carbocycles. The summed E-state index contributed by atoms with van der Waals surface area (Å²) in [6.45, 7) is 0.579. The maximum atomic E-state index is 13.4. The second kappa shape index (κ2) is 11.6. The molecule has 42 heavy (non-hydrogen) atoms. The first-order valence-electron chi connectivity index (χ1n) is 13.9. The normalized spacial score (nSPS) is 12.7. The maximum absolute atomic E-state index is 13.4. The summed E-state index contributed by atoms with van der Waals surface area (Å²) in [7, 11) is 4.00.